The van der Waals surface area contributed by atoms with Crippen molar-refractivity contribution in [2.75, 3.05) is 19.6 Å². The zero-order valence-electron chi connectivity index (χ0n) is 11.1. The third-order valence-corrected chi connectivity index (χ3v) is 3.70. The second-order valence-electron chi connectivity index (χ2n) is 5.19. The largest absolute Gasteiger partial charge is 0.342 e. The monoisotopic (exact) mass is 246 g/mol. The maximum Gasteiger partial charge on any atom is 0.222 e. The minimum atomic E-state index is 0.251. The third kappa shape index (κ3) is 3.10. The average molecular weight is 246 g/mol. The minimum absolute atomic E-state index is 0.251. The van der Waals surface area contributed by atoms with Crippen LogP contribution in [0.3, 0.4) is 0 Å². The lowest BCUT2D eigenvalue weighted by molar-refractivity contribution is -0.131. The van der Waals surface area contributed by atoms with Gasteiger partial charge in [0.25, 0.3) is 0 Å². The molecule has 0 bridgehead atoms. The first-order chi connectivity index (χ1) is 8.70. The Morgan fingerprint density at radius 3 is 2.33 bits per heavy atom. The summed E-state index contributed by atoms with van der Waals surface area (Å²) < 4.78 is 0. The molecule has 3 nitrogen and oxygen atoms in total. The summed E-state index contributed by atoms with van der Waals surface area (Å²) in [4.78, 5) is 14.1. The number of hydrogen-bond donors (Lipinski definition) is 1. The number of nitrogens with two attached hydrogens (primary N) is 1. The highest BCUT2D eigenvalue weighted by molar-refractivity contribution is 5.76. The second kappa shape index (κ2) is 6.01. The zero-order valence-corrected chi connectivity index (χ0v) is 11.1. The summed E-state index contributed by atoms with van der Waals surface area (Å²) in [6.45, 7) is 4.30. The lowest BCUT2D eigenvalue weighted by Gasteiger charge is -2.21. The van der Waals surface area contributed by atoms with Crippen LogP contribution < -0.4 is 5.73 Å². The van der Waals surface area contributed by atoms with Crippen molar-refractivity contribution in [3.05, 3.63) is 35.4 Å². The van der Waals surface area contributed by atoms with E-state index < -0.39 is 0 Å². The van der Waals surface area contributed by atoms with Crippen LogP contribution >= 0.6 is 0 Å². The molecule has 1 atom stereocenters. The first kappa shape index (κ1) is 13.1. The van der Waals surface area contributed by atoms with E-state index in [9.17, 15) is 4.79 Å². The van der Waals surface area contributed by atoms with Gasteiger partial charge in [0.05, 0.1) is 0 Å². The molecule has 0 saturated heterocycles. The molecule has 1 heterocycles. The van der Waals surface area contributed by atoms with Crippen LogP contribution in [0.1, 0.15) is 24.5 Å². The van der Waals surface area contributed by atoms with Crippen molar-refractivity contribution in [3.8, 4) is 0 Å². The first-order valence-electron chi connectivity index (χ1n) is 6.75. The molecule has 1 aliphatic rings. The number of fused-ring (bicyclic) bond motifs is 1. The highest BCUT2D eigenvalue weighted by atomic mass is 16.2. The Bertz CT molecular complexity index is 390. The Morgan fingerprint density at radius 2 is 1.83 bits per heavy atom. The molecular weight excluding hydrogens is 224 g/mol. The SMILES string of the molecule is CC(CN)CC(=O)N1CCc2ccccc2CC1. The van der Waals surface area contributed by atoms with Gasteiger partial charge in [0.15, 0.2) is 0 Å². The number of rotatable bonds is 3. The predicted octanol–water partition coefficient (Wildman–Crippen LogP) is 1.60. The van der Waals surface area contributed by atoms with Gasteiger partial charge in [-0.1, -0.05) is 31.2 Å². The second-order valence-corrected chi connectivity index (χ2v) is 5.19. The van der Waals surface area contributed by atoms with Gasteiger partial charge in [-0.3, -0.25) is 4.79 Å². The van der Waals surface area contributed by atoms with Crippen molar-refractivity contribution in [2.24, 2.45) is 11.7 Å². The third-order valence-electron chi connectivity index (χ3n) is 3.70. The van der Waals surface area contributed by atoms with E-state index in [1.807, 2.05) is 11.8 Å². The number of carbonyl (C=O) groups excluding carboxylic acids is 1. The molecule has 1 aliphatic heterocycles. The molecule has 0 saturated carbocycles. The van der Waals surface area contributed by atoms with Crippen molar-refractivity contribution in [1.82, 2.24) is 4.90 Å². The number of carbonyl (C=O) groups is 1. The Kier molecular flexibility index (Phi) is 4.37. The van der Waals surface area contributed by atoms with Gasteiger partial charge in [-0.2, -0.15) is 0 Å². The molecule has 0 spiro atoms. The van der Waals surface area contributed by atoms with Gasteiger partial charge in [-0.05, 0) is 36.4 Å². The van der Waals surface area contributed by atoms with Crippen molar-refractivity contribution in [2.45, 2.75) is 26.2 Å². The summed E-state index contributed by atoms with van der Waals surface area (Å²) in [5, 5.41) is 0. The summed E-state index contributed by atoms with van der Waals surface area (Å²) in [6, 6.07) is 8.50. The van der Waals surface area contributed by atoms with Gasteiger partial charge < -0.3 is 10.6 Å². The molecule has 18 heavy (non-hydrogen) atoms. The summed E-state index contributed by atoms with van der Waals surface area (Å²) >= 11 is 0. The fraction of sp³-hybridized carbons (Fsp3) is 0.533. The van der Waals surface area contributed by atoms with E-state index in [0.717, 1.165) is 25.9 Å². The fourth-order valence-electron chi connectivity index (χ4n) is 2.43. The molecular formula is C15H22N2O. The molecule has 1 aromatic carbocycles. The average Bonchev–Trinajstić information content (AvgIpc) is 2.61. The molecule has 0 aliphatic carbocycles. The molecule has 0 fully saturated rings. The van der Waals surface area contributed by atoms with Gasteiger partial charge in [-0.25, -0.2) is 0 Å². The van der Waals surface area contributed by atoms with Crippen LogP contribution in [0.2, 0.25) is 0 Å². The molecule has 1 unspecified atom stereocenters. The van der Waals surface area contributed by atoms with Crippen molar-refractivity contribution < 1.29 is 4.79 Å². The van der Waals surface area contributed by atoms with Crippen molar-refractivity contribution in [3.63, 3.8) is 0 Å². The van der Waals surface area contributed by atoms with E-state index in [4.69, 9.17) is 5.73 Å². The van der Waals surface area contributed by atoms with E-state index in [2.05, 4.69) is 24.3 Å². The van der Waals surface area contributed by atoms with Crippen LogP contribution in [0.25, 0.3) is 0 Å². The highest BCUT2D eigenvalue weighted by Gasteiger charge is 2.19. The number of nitrogens with zero attached hydrogens (tertiary/aromatic N) is 1. The highest BCUT2D eigenvalue weighted by Crippen LogP contribution is 2.16. The van der Waals surface area contributed by atoms with Crippen LogP contribution in [-0.2, 0) is 17.6 Å². The Balaban J connectivity index is 1.97. The van der Waals surface area contributed by atoms with Crippen LogP contribution in [0.5, 0.6) is 0 Å². The standard InChI is InChI=1S/C15H22N2O/c1-12(11-16)10-15(18)17-8-6-13-4-2-3-5-14(13)7-9-17/h2-5,12H,6-11,16H2,1H3. The summed E-state index contributed by atoms with van der Waals surface area (Å²) in [7, 11) is 0. The normalized spacial score (nSPS) is 16.9. The lowest BCUT2D eigenvalue weighted by atomic mass is 10.0. The number of amides is 1. The van der Waals surface area contributed by atoms with Gasteiger partial charge in [0.2, 0.25) is 5.91 Å². The molecule has 1 aromatic rings. The van der Waals surface area contributed by atoms with E-state index in [1.165, 1.54) is 11.1 Å². The predicted molar refractivity (Wildman–Crippen MR) is 73.3 cm³/mol. The summed E-state index contributed by atoms with van der Waals surface area (Å²) in [6.07, 6.45) is 2.52. The van der Waals surface area contributed by atoms with Gasteiger partial charge in [0, 0.05) is 19.5 Å². The fourth-order valence-corrected chi connectivity index (χ4v) is 2.43. The van der Waals surface area contributed by atoms with E-state index in [0.29, 0.717) is 13.0 Å². The number of benzene rings is 1. The molecule has 2 rings (SSSR count). The molecule has 98 valence electrons. The Morgan fingerprint density at radius 1 is 1.28 bits per heavy atom. The van der Waals surface area contributed by atoms with Crippen molar-refractivity contribution in [1.29, 1.82) is 0 Å². The minimum Gasteiger partial charge on any atom is -0.342 e. The topological polar surface area (TPSA) is 46.3 Å². The molecule has 0 aromatic heterocycles. The maximum absolute atomic E-state index is 12.1. The van der Waals surface area contributed by atoms with Crippen molar-refractivity contribution >= 4 is 5.91 Å². The summed E-state index contributed by atoms with van der Waals surface area (Å²) in [5.74, 6) is 0.531. The number of hydrogen-bond acceptors (Lipinski definition) is 2. The quantitative estimate of drug-likeness (QED) is 0.880. The van der Waals surface area contributed by atoms with Crippen LogP contribution in [0, 0.1) is 5.92 Å². The Hall–Kier alpha value is -1.35. The van der Waals surface area contributed by atoms with Gasteiger partial charge in [-0.15, -0.1) is 0 Å². The van der Waals surface area contributed by atoms with E-state index in [-0.39, 0.29) is 11.8 Å². The molecule has 0 radical (unpaired) electrons. The van der Waals surface area contributed by atoms with Gasteiger partial charge in [0.1, 0.15) is 0 Å². The summed E-state index contributed by atoms with van der Waals surface area (Å²) in [5.41, 5.74) is 8.36. The first-order valence-corrected chi connectivity index (χ1v) is 6.75. The lowest BCUT2D eigenvalue weighted by Crippen LogP contribution is -2.35. The Labute approximate surface area is 109 Å². The van der Waals surface area contributed by atoms with Gasteiger partial charge >= 0.3 is 0 Å². The maximum atomic E-state index is 12.1. The molecule has 1 amide bonds. The van der Waals surface area contributed by atoms with Crippen LogP contribution in [0.15, 0.2) is 24.3 Å². The van der Waals surface area contributed by atoms with E-state index >= 15 is 0 Å². The molecule has 2 N–H and O–H groups in total. The molecule has 3 heteroatoms. The van der Waals surface area contributed by atoms with E-state index in [1.54, 1.807) is 0 Å². The smallest absolute Gasteiger partial charge is 0.222 e. The van der Waals surface area contributed by atoms with Crippen LogP contribution in [0.4, 0.5) is 0 Å². The van der Waals surface area contributed by atoms with Crippen LogP contribution in [-0.4, -0.2) is 30.4 Å². The zero-order chi connectivity index (χ0) is 13.0.